The standard InChI is InChI=1S/C21H22N6O4S/c1-4-30-19(28)17-15(22-20(29)23-18(17)16-6-5-9-31-16)11-32-21-24-25-26-27(21)14-8-7-12(2)13(3)10-14/h5-10,18H,4,11H2,1-3H3,(H2,22,23,29)/t18-/m1/s1. The molecule has 11 heteroatoms. The number of nitrogens with one attached hydrogen (secondary N) is 2. The SMILES string of the molecule is CCOC(=O)C1=C(CSc2nnnn2-c2ccc(C)c(C)c2)NC(=O)N[C@@H]1c1ccco1. The lowest BCUT2D eigenvalue weighted by molar-refractivity contribution is -0.139. The smallest absolute Gasteiger partial charge is 0.338 e. The van der Waals surface area contributed by atoms with E-state index < -0.39 is 18.0 Å². The number of nitrogens with zero attached hydrogens (tertiary/aromatic N) is 4. The van der Waals surface area contributed by atoms with Crippen molar-refractivity contribution in [3.05, 3.63) is 64.8 Å². The van der Waals surface area contributed by atoms with E-state index in [9.17, 15) is 9.59 Å². The van der Waals surface area contributed by atoms with E-state index >= 15 is 0 Å². The lowest BCUT2D eigenvalue weighted by atomic mass is 10.0. The van der Waals surface area contributed by atoms with Crippen molar-refractivity contribution < 1.29 is 18.7 Å². The fourth-order valence-electron chi connectivity index (χ4n) is 3.28. The van der Waals surface area contributed by atoms with Gasteiger partial charge in [-0.2, -0.15) is 4.68 Å². The van der Waals surface area contributed by atoms with Gasteiger partial charge in [-0.1, -0.05) is 17.8 Å². The topological polar surface area (TPSA) is 124 Å². The van der Waals surface area contributed by atoms with Crippen LogP contribution in [0, 0.1) is 13.8 Å². The average Bonchev–Trinajstić information content (AvgIpc) is 3.46. The van der Waals surface area contributed by atoms with Gasteiger partial charge in [0.1, 0.15) is 11.8 Å². The Morgan fingerprint density at radius 1 is 1.28 bits per heavy atom. The van der Waals surface area contributed by atoms with E-state index in [2.05, 4.69) is 26.2 Å². The van der Waals surface area contributed by atoms with E-state index in [0.717, 1.165) is 11.3 Å². The molecule has 3 heterocycles. The summed E-state index contributed by atoms with van der Waals surface area (Å²) in [7, 11) is 0. The second-order valence-electron chi connectivity index (χ2n) is 7.09. The molecule has 1 aromatic carbocycles. The molecule has 2 amide bonds. The van der Waals surface area contributed by atoms with E-state index in [4.69, 9.17) is 9.15 Å². The number of carbonyl (C=O) groups excluding carboxylic acids is 2. The van der Waals surface area contributed by atoms with Crippen LogP contribution in [0.1, 0.15) is 29.9 Å². The van der Waals surface area contributed by atoms with Gasteiger partial charge in [-0.3, -0.25) is 0 Å². The number of ether oxygens (including phenoxy) is 1. The minimum absolute atomic E-state index is 0.201. The van der Waals surface area contributed by atoms with E-state index in [1.807, 2.05) is 32.0 Å². The predicted octanol–water partition coefficient (Wildman–Crippen LogP) is 2.84. The van der Waals surface area contributed by atoms with Gasteiger partial charge in [-0.05, 0) is 66.6 Å². The van der Waals surface area contributed by atoms with Crippen LogP contribution in [0.4, 0.5) is 4.79 Å². The zero-order chi connectivity index (χ0) is 22.7. The Morgan fingerprint density at radius 3 is 2.84 bits per heavy atom. The Morgan fingerprint density at radius 2 is 2.12 bits per heavy atom. The predicted molar refractivity (Wildman–Crippen MR) is 116 cm³/mol. The Labute approximate surface area is 188 Å². The van der Waals surface area contributed by atoms with Crippen molar-refractivity contribution in [1.29, 1.82) is 0 Å². The molecule has 1 atom stereocenters. The number of urea groups is 1. The van der Waals surface area contributed by atoms with Crippen LogP contribution in [0.25, 0.3) is 5.69 Å². The van der Waals surface area contributed by atoms with E-state index in [0.29, 0.717) is 16.6 Å². The van der Waals surface area contributed by atoms with Crippen LogP contribution in [0.3, 0.4) is 0 Å². The number of furan rings is 1. The van der Waals surface area contributed by atoms with Gasteiger partial charge in [0, 0.05) is 11.4 Å². The largest absolute Gasteiger partial charge is 0.467 e. The number of rotatable bonds is 7. The third kappa shape index (κ3) is 4.37. The first-order chi connectivity index (χ1) is 15.5. The molecule has 32 heavy (non-hydrogen) atoms. The van der Waals surface area contributed by atoms with E-state index in [1.54, 1.807) is 23.7 Å². The highest BCUT2D eigenvalue weighted by atomic mass is 32.2. The molecule has 4 rings (SSSR count). The number of aromatic nitrogens is 4. The number of thioether (sulfide) groups is 1. The van der Waals surface area contributed by atoms with E-state index in [1.165, 1.54) is 23.6 Å². The van der Waals surface area contributed by atoms with Gasteiger partial charge in [0.15, 0.2) is 0 Å². The molecule has 0 unspecified atom stereocenters. The zero-order valence-corrected chi connectivity index (χ0v) is 18.6. The van der Waals surface area contributed by atoms with Gasteiger partial charge in [-0.25, -0.2) is 9.59 Å². The maximum absolute atomic E-state index is 12.8. The number of esters is 1. The first kappa shape index (κ1) is 21.6. The Hall–Kier alpha value is -3.60. The fraction of sp³-hybridized carbons (Fsp3) is 0.286. The molecule has 0 spiro atoms. The zero-order valence-electron chi connectivity index (χ0n) is 17.8. The Bertz CT molecular complexity index is 1170. The monoisotopic (exact) mass is 454 g/mol. The highest BCUT2D eigenvalue weighted by Crippen LogP contribution is 2.31. The number of tetrazole rings is 1. The molecule has 0 saturated carbocycles. The molecule has 1 aliphatic rings. The summed E-state index contributed by atoms with van der Waals surface area (Å²) in [5, 5.41) is 17.9. The molecule has 1 aliphatic heterocycles. The second kappa shape index (κ2) is 9.27. The first-order valence-electron chi connectivity index (χ1n) is 9.97. The van der Waals surface area contributed by atoms with Gasteiger partial charge in [0.2, 0.25) is 5.16 Å². The summed E-state index contributed by atoms with van der Waals surface area (Å²) in [4.78, 5) is 25.1. The molecule has 0 radical (unpaired) electrons. The molecule has 2 aromatic heterocycles. The van der Waals surface area contributed by atoms with Gasteiger partial charge >= 0.3 is 12.0 Å². The van der Waals surface area contributed by atoms with Crippen LogP contribution in [0.2, 0.25) is 0 Å². The lowest BCUT2D eigenvalue weighted by Crippen LogP contribution is -2.46. The minimum atomic E-state index is -0.760. The van der Waals surface area contributed by atoms with Crippen LogP contribution in [-0.4, -0.2) is 44.6 Å². The molecule has 166 valence electrons. The Kier molecular flexibility index (Phi) is 6.26. The van der Waals surface area contributed by atoms with Gasteiger partial charge < -0.3 is 19.8 Å². The van der Waals surface area contributed by atoms with Crippen LogP contribution < -0.4 is 10.6 Å². The van der Waals surface area contributed by atoms with Crippen molar-refractivity contribution in [2.24, 2.45) is 0 Å². The van der Waals surface area contributed by atoms with Crippen LogP contribution in [-0.2, 0) is 9.53 Å². The summed E-state index contributed by atoms with van der Waals surface area (Å²) in [5.41, 5.74) is 3.80. The highest BCUT2D eigenvalue weighted by molar-refractivity contribution is 7.99. The highest BCUT2D eigenvalue weighted by Gasteiger charge is 2.35. The molecular weight excluding hydrogens is 432 g/mol. The van der Waals surface area contributed by atoms with Crippen molar-refractivity contribution in [2.75, 3.05) is 12.4 Å². The number of hydrogen-bond donors (Lipinski definition) is 2. The van der Waals surface area contributed by atoms with Gasteiger partial charge in [0.05, 0.1) is 24.1 Å². The maximum Gasteiger partial charge on any atom is 0.338 e. The summed E-state index contributed by atoms with van der Waals surface area (Å²) < 4.78 is 12.3. The molecule has 3 aromatic rings. The summed E-state index contributed by atoms with van der Waals surface area (Å²) in [6.07, 6.45) is 1.48. The second-order valence-corrected chi connectivity index (χ2v) is 8.03. The van der Waals surface area contributed by atoms with Gasteiger partial charge in [0.25, 0.3) is 0 Å². The molecule has 2 N–H and O–H groups in total. The molecule has 0 saturated heterocycles. The van der Waals surface area contributed by atoms with Crippen molar-refractivity contribution in [3.8, 4) is 5.69 Å². The summed E-state index contributed by atoms with van der Waals surface area (Å²) >= 11 is 1.29. The third-order valence-corrected chi connectivity index (χ3v) is 5.94. The summed E-state index contributed by atoms with van der Waals surface area (Å²) in [5.74, 6) is 0.139. The summed E-state index contributed by atoms with van der Waals surface area (Å²) in [6, 6.07) is 8.12. The number of amides is 2. The average molecular weight is 455 g/mol. The van der Waals surface area contributed by atoms with Crippen LogP contribution in [0.15, 0.2) is 57.4 Å². The van der Waals surface area contributed by atoms with Crippen molar-refractivity contribution in [1.82, 2.24) is 30.8 Å². The van der Waals surface area contributed by atoms with Crippen molar-refractivity contribution >= 4 is 23.8 Å². The molecule has 0 fully saturated rings. The quantitative estimate of drug-likeness (QED) is 0.413. The van der Waals surface area contributed by atoms with Crippen molar-refractivity contribution in [2.45, 2.75) is 32.0 Å². The lowest BCUT2D eigenvalue weighted by Gasteiger charge is -2.27. The first-order valence-corrected chi connectivity index (χ1v) is 11.0. The molecular formula is C21H22N6O4S. The normalized spacial score (nSPS) is 16.0. The summed E-state index contributed by atoms with van der Waals surface area (Å²) in [6.45, 7) is 5.98. The van der Waals surface area contributed by atoms with Gasteiger partial charge in [-0.15, -0.1) is 5.10 Å². The fourth-order valence-corrected chi connectivity index (χ4v) is 4.14. The minimum Gasteiger partial charge on any atom is -0.467 e. The number of carbonyl (C=O) groups is 2. The van der Waals surface area contributed by atoms with Crippen LogP contribution >= 0.6 is 11.8 Å². The number of aryl methyl sites for hydroxylation is 2. The molecule has 10 nitrogen and oxygen atoms in total. The number of hydrogen-bond acceptors (Lipinski definition) is 8. The maximum atomic E-state index is 12.8. The third-order valence-electron chi connectivity index (χ3n) is 5.00. The van der Waals surface area contributed by atoms with Crippen LogP contribution in [0.5, 0.6) is 0 Å². The van der Waals surface area contributed by atoms with Crippen molar-refractivity contribution in [3.63, 3.8) is 0 Å². The molecule has 0 bridgehead atoms. The number of benzene rings is 1. The van der Waals surface area contributed by atoms with E-state index in [-0.39, 0.29) is 17.9 Å². The molecule has 0 aliphatic carbocycles. The Balaban J connectivity index is 1.65.